The first kappa shape index (κ1) is 7.83. The van der Waals surface area contributed by atoms with Crippen molar-refractivity contribution in [2.75, 3.05) is 6.61 Å². The van der Waals surface area contributed by atoms with Crippen LogP contribution in [0.15, 0.2) is 12.3 Å². The van der Waals surface area contributed by atoms with E-state index in [0.717, 1.165) is 0 Å². The predicted molar refractivity (Wildman–Crippen MR) is 41.4 cm³/mol. The van der Waals surface area contributed by atoms with Crippen molar-refractivity contribution in [3.63, 3.8) is 0 Å². The maximum Gasteiger partial charge on any atom is 0.225 e. The lowest BCUT2D eigenvalue weighted by molar-refractivity contribution is 0.355. The molecule has 0 aliphatic rings. The maximum absolute atomic E-state index is 5.47. The van der Waals surface area contributed by atoms with Gasteiger partial charge in [-0.05, 0) is 11.6 Å². The topological polar surface area (TPSA) is 35.0 Å². The van der Waals surface area contributed by atoms with Crippen molar-refractivity contribution in [1.29, 1.82) is 0 Å². The lowest BCUT2D eigenvalue weighted by atomic mass is 10.6. The third-order valence-electron chi connectivity index (χ3n) is 0.904. The average Bonchev–Trinajstić information content (AvgIpc) is 2.01. The molecule has 0 atom stereocenters. The molecule has 0 aromatic carbocycles. The zero-order valence-corrected chi connectivity index (χ0v) is 6.38. The molecule has 0 fully saturated rings. The van der Waals surface area contributed by atoms with Crippen LogP contribution in [0, 0.1) is 12.3 Å². The van der Waals surface area contributed by atoms with Gasteiger partial charge >= 0.3 is 0 Å². The second kappa shape index (κ2) is 3.79. The minimum atomic E-state index is 0.152. The minimum Gasteiger partial charge on any atom is -0.464 e. The van der Waals surface area contributed by atoms with E-state index >= 15 is 0 Å². The zero-order valence-electron chi connectivity index (χ0n) is 5.62. The summed E-state index contributed by atoms with van der Waals surface area (Å²) in [6.07, 6.45) is 6.46. The van der Waals surface area contributed by atoms with Crippen LogP contribution in [0.1, 0.15) is 0 Å². The van der Waals surface area contributed by atoms with Crippen LogP contribution in [0.2, 0.25) is 5.28 Å². The Morgan fingerprint density at radius 3 is 3.18 bits per heavy atom. The normalized spacial score (nSPS) is 8.73. The van der Waals surface area contributed by atoms with E-state index in [-0.39, 0.29) is 11.9 Å². The fourth-order valence-corrected chi connectivity index (χ4v) is 0.655. The molecule has 1 heterocycles. The van der Waals surface area contributed by atoms with Crippen LogP contribution in [-0.2, 0) is 0 Å². The molecule has 4 heteroatoms. The number of ether oxygens (including phenoxy) is 1. The van der Waals surface area contributed by atoms with Gasteiger partial charge in [-0.3, -0.25) is 0 Å². The number of rotatable bonds is 2. The van der Waals surface area contributed by atoms with Crippen molar-refractivity contribution < 1.29 is 4.74 Å². The van der Waals surface area contributed by atoms with Gasteiger partial charge in [0.15, 0.2) is 6.61 Å². The number of aromatic nitrogens is 2. The van der Waals surface area contributed by atoms with Crippen LogP contribution in [0.4, 0.5) is 0 Å². The summed E-state index contributed by atoms with van der Waals surface area (Å²) in [5.74, 6) is 2.70. The summed E-state index contributed by atoms with van der Waals surface area (Å²) in [6, 6.07) is 1.59. The third kappa shape index (κ3) is 2.44. The fourth-order valence-electron chi connectivity index (χ4n) is 0.516. The first-order valence-electron chi connectivity index (χ1n) is 2.88. The summed E-state index contributed by atoms with van der Waals surface area (Å²) in [5.41, 5.74) is 0. The van der Waals surface area contributed by atoms with Gasteiger partial charge in [0.2, 0.25) is 11.2 Å². The van der Waals surface area contributed by atoms with E-state index in [2.05, 4.69) is 15.9 Å². The minimum absolute atomic E-state index is 0.152. The van der Waals surface area contributed by atoms with Crippen molar-refractivity contribution >= 4 is 11.6 Å². The van der Waals surface area contributed by atoms with Gasteiger partial charge in [-0.1, -0.05) is 5.92 Å². The Hall–Kier alpha value is -1.27. The van der Waals surface area contributed by atoms with E-state index in [9.17, 15) is 0 Å². The molecule has 0 amide bonds. The summed E-state index contributed by atoms with van der Waals surface area (Å²) in [4.78, 5) is 7.42. The Morgan fingerprint density at radius 2 is 2.55 bits per heavy atom. The largest absolute Gasteiger partial charge is 0.464 e. The lowest BCUT2D eigenvalue weighted by Gasteiger charge is -1.98. The van der Waals surface area contributed by atoms with Gasteiger partial charge in [-0.2, -0.15) is 4.98 Å². The van der Waals surface area contributed by atoms with Crippen LogP contribution >= 0.6 is 11.6 Å². The van der Waals surface area contributed by atoms with Crippen LogP contribution < -0.4 is 4.74 Å². The number of nitrogens with zero attached hydrogens (tertiary/aromatic N) is 2. The molecule has 0 radical (unpaired) electrons. The maximum atomic E-state index is 5.47. The number of hydrogen-bond acceptors (Lipinski definition) is 3. The molecule has 11 heavy (non-hydrogen) atoms. The Labute approximate surface area is 69.4 Å². The van der Waals surface area contributed by atoms with E-state index in [4.69, 9.17) is 22.8 Å². The first-order chi connectivity index (χ1) is 5.33. The summed E-state index contributed by atoms with van der Waals surface area (Å²) >= 11 is 5.47. The van der Waals surface area contributed by atoms with Crippen molar-refractivity contribution in [3.8, 4) is 18.2 Å². The Bertz CT molecular complexity index is 282. The summed E-state index contributed by atoms with van der Waals surface area (Å²) in [5, 5.41) is 0.152. The molecule has 3 nitrogen and oxygen atoms in total. The van der Waals surface area contributed by atoms with Crippen molar-refractivity contribution in [3.05, 3.63) is 17.5 Å². The second-order valence-corrected chi connectivity index (χ2v) is 1.99. The molecule has 56 valence electrons. The number of halogens is 1. The van der Waals surface area contributed by atoms with Crippen molar-refractivity contribution in [2.24, 2.45) is 0 Å². The van der Waals surface area contributed by atoms with Gasteiger partial charge in [0.25, 0.3) is 0 Å². The Morgan fingerprint density at radius 1 is 1.73 bits per heavy atom. The highest BCUT2D eigenvalue weighted by atomic mass is 35.5. The molecule has 1 aromatic heterocycles. The van der Waals surface area contributed by atoms with Crippen LogP contribution in [-0.4, -0.2) is 16.6 Å². The summed E-state index contributed by atoms with van der Waals surface area (Å²) < 4.78 is 4.96. The van der Waals surface area contributed by atoms with E-state index in [1.54, 1.807) is 6.07 Å². The van der Waals surface area contributed by atoms with Crippen LogP contribution in [0.25, 0.3) is 0 Å². The van der Waals surface area contributed by atoms with E-state index < -0.39 is 0 Å². The molecule has 0 aliphatic heterocycles. The highest BCUT2D eigenvalue weighted by molar-refractivity contribution is 6.28. The van der Waals surface area contributed by atoms with Crippen molar-refractivity contribution in [1.82, 2.24) is 9.97 Å². The molecule has 0 saturated heterocycles. The first-order valence-corrected chi connectivity index (χ1v) is 3.25. The molecular formula is C7H5ClN2O. The van der Waals surface area contributed by atoms with Gasteiger partial charge in [-0.15, -0.1) is 6.42 Å². The monoisotopic (exact) mass is 168 g/mol. The zero-order chi connectivity index (χ0) is 8.10. The average molecular weight is 169 g/mol. The van der Waals surface area contributed by atoms with E-state index in [1.807, 2.05) is 0 Å². The van der Waals surface area contributed by atoms with E-state index in [0.29, 0.717) is 5.88 Å². The van der Waals surface area contributed by atoms with Crippen LogP contribution in [0.3, 0.4) is 0 Å². The third-order valence-corrected chi connectivity index (χ3v) is 1.09. The Kier molecular flexibility index (Phi) is 2.70. The smallest absolute Gasteiger partial charge is 0.225 e. The van der Waals surface area contributed by atoms with Crippen LogP contribution in [0.5, 0.6) is 5.88 Å². The molecule has 1 aromatic rings. The molecule has 0 spiro atoms. The van der Waals surface area contributed by atoms with Gasteiger partial charge in [0, 0.05) is 12.3 Å². The molecule has 1 rings (SSSR count). The summed E-state index contributed by atoms with van der Waals surface area (Å²) in [7, 11) is 0. The molecule has 0 aliphatic carbocycles. The molecule has 0 bridgehead atoms. The molecule has 0 N–H and O–H groups in total. The van der Waals surface area contributed by atoms with Gasteiger partial charge in [0.05, 0.1) is 0 Å². The lowest BCUT2D eigenvalue weighted by Crippen LogP contribution is -1.96. The second-order valence-electron chi connectivity index (χ2n) is 1.66. The highest BCUT2D eigenvalue weighted by Crippen LogP contribution is 2.07. The standard InChI is InChI=1S/C7H5ClN2O/c1-2-5-11-6-3-4-9-7(8)10-6/h1,3-4H,5H2. The van der Waals surface area contributed by atoms with Gasteiger partial charge < -0.3 is 4.74 Å². The molecule has 0 saturated carbocycles. The van der Waals surface area contributed by atoms with Gasteiger partial charge in [0.1, 0.15) is 0 Å². The number of terminal acetylenes is 1. The van der Waals surface area contributed by atoms with E-state index in [1.165, 1.54) is 6.20 Å². The number of hydrogen-bond donors (Lipinski definition) is 0. The molecule has 0 unspecified atom stereocenters. The molecular weight excluding hydrogens is 164 g/mol. The quantitative estimate of drug-likeness (QED) is 0.491. The highest BCUT2D eigenvalue weighted by Gasteiger charge is 1.94. The predicted octanol–water partition coefficient (Wildman–Crippen LogP) is 1.14. The summed E-state index contributed by atoms with van der Waals surface area (Å²) in [6.45, 7) is 0.188. The fraction of sp³-hybridized carbons (Fsp3) is 0.143. The SMILES string of the molecule is C#CCOc1ccnc(Cl)n1. The Balaban J connectivity index is 2.65. The van der Waals surface area contributed by atoms with Gasteiger partial charge in [-0.25, -0.2) is 4.98 Å². The van der Waals surface area contributed by atoms with Crippen molar-refractivity contribution in [2.45, 2.75) is 0 Å².